The van der Waals surface area contributed by atoms with E-state index in [1.165, 1.54) is 18.3 Å². The number of aromatic nitrogens is 2. The molecule has 0 bridgehead atoms. The highest BCUT2D eigenvalue weighted by Crippen LogP contribution is 2.24. The Labute approximate surface area is 143 Å². The molecule has 2 aromatic rings. The Bertz CT molecular complexity index is 832. The Hall–Kier alpha value is -2.67. The number of carbonyl (C=O) groups is 2. The fourth-order valence-corrected chi connectivity index (χ4v) is 2.05. The third-order valence-corrected chi connectivity index (χ3v) is 3.81. The first-order valence-corrected chi connectivity index (χ1v) is 7.60. The zero-order valence-corrected chi connectivity index (χ0v) is 14.2. The molecule has 0 aliphatic rings. The van der Waals surface area contributed by atoms with Gasteiger partial charge in [-0.2, -0.15) is 5.10 Å². The van der Waals surface area contributed by atoms with Crippen molar-refractivity contribution in [2.75, 3.05) is 12.4 Å². The number of rotatable bonds is 4. The van der Waals surface area contributed by atoms with E-state index in [9.17, 15) is 14.4 Å². The number of anilines is 1. The largest absolute Gasteiger partial charge is 0.339 e. The minimum atomic E-state index is -0.544. The van der Waals surface area contributed by atoms with Crippen LogP contribution in [0.4, 0.5) is 5.69 Å². The minimum absolute atomic E-state index is 0.0355. The molecule has 0 saturated carbocycles. The summed E-state index contributed by atoms with van der Waals surface area (Å²) in [6, 6.07) is 5.79. The summed E-state index contributed by atoms with van der Waals surface area (Å²) in [4.78, 5) is 37.3. The second-order valence-corrected chi connectivity index (χ2v) is 5.90. The molecule has 0 spiro atoms. The van der Waals surface area contributed by atoms with E-state index in [1.54, 1.807) is 18.0 Å². The van der Waals surface area contributed by atoms with Gasteiger partial charge in [0, 0.05) is 24.7 Å². The van der Waals surface area contributed by atoms with Gasteiger partial charge in [-0.1, -0.05) is 11.6 Å². The number of benzene rings is 1. The molecule has 8 heteroatoms. The number of H-pyrrole nitrogens is 1. The highest BCUT2D eigenvalue weighted by molar-refractivity contribution is 6.34. The summed E-state index contributed by atoms with van der Waals surface area (Å²) in [6.45, 7) is 3.80. The average molecular weight is 349 g/mol. The van der Waals surface area contributed by atoms with Crippen molar-refractivity contribution >= 4 is 29.1 Å². The van der Waals surface area contributed by atoms with Crippen molar-refractivity contribution in [1.29, 1.82) is 0 Å². The molecule has 1 heterocycles. The van der Waals surface area contributed by atoms with Gasteiger partial charge >= 0.3 is 0 Å². The third-order valence-electron chi connectivity index (χ3n) is 3.48. The Morgan fingerprint density at radius 2 is 1.96 bits per heavy atom. The summed E-state index contributed by atoms with van der Waals surface area (Å²) < 4.78 is 0. The fourth-order valence-electron chi connectivity index (χ4n) is 1.89. The molecule has 0 atom stereocenters. The third kappa shape index (κ3) is 3.99. The van der Waals surface area contributed by atoms with Crippen molar-refractivity contribution in [3.63, 3.8) is 0 Å². The van der Waals surface area contributed by atoms with Crippen LogP contribution in [0.15, 0.2) is 35.3 Å². The van der Waals surface area contributed by atoms with Gasteiger partial charge in [0.1, 0.15) is 0 Å². The number of aromatic amines is 1. The van der Waals surface area contributed by atoms with Gasteiger partial charge in [-0.25, -0.2) is 5.10 Å². The normalized spacial score (nSPS) is 10.5. The van der Waals surface area contributed by atoms with E-state index in [4.69, 9.17) is 11.6 Å². The summed E-state index contributed by atoms with van der Waals surface area (Å²) in [5, 5.41) is 8.62. The lowest BCUT2D eigenvalue weighted by Crippen LogP contribution is -2.33. The molecule has 0 radical (unpaired) electrons. The first-order chi connectivity index (χ1) is 11.3. The summed E-state index contributed by atoms with van der Waals surface area (Å²) in [6.07, 6.45) is 1.23. The van der Waals surface area contributed by atoms with Crippen LogP contribution in [-0.2, 0) is 0 Å². The van der Waals surface area contributed by atoms with Gasteiger partial charge in [0.15, 0.2) is 0 Å². The van der Waals surface area contributed by atoms with E-state index in [1.807, 2.05) is 13.8 Å². The van der Waals surface area contributed by atoms with Crippen LogP contribution in [0.5, 0.6) is 0 Å². The minimum Gasteiger partial charge on any atom is -0.339 e. The molecule has 2 rings (SSSR count). The van der Waals surface area contributed by atoms with Crippen LogP contribution in [0.3, 0.4) is 0 Å². The second-order valence-electron chi connectivity index (χ2n) is 5.49. The Morgan fingerprint density at radius 1 is 1.25 bits per heavy atom. The van der Waals surface area contributed by atoms with E-state index in [0.29, 0.717) is 5.56 Å². The zero-order chi connectivity index (χ0) is 17.9. The number of hydrogen-bond acceptors (Lipinski definition) is 4. The maximum Gasteiger partial charge on any atom is 0.264 e. The lowest BCUT2D eigenvalue weighted by atomic mass is 10.1. The van der Waals surface area contributed by atoms with Crippen LogP contribution in [0, 0.1) is 0 Å². The summed E-state index contributed by atoms with van der Waals surface area (Å²) in [5.74, 6) is -0.729. The molecule has 0 unspecified atom stereocenters. The predicted molar refractivity (Wildman–Crippen MR) is 91.5 cm³/mol. The van der Waals surface area contributed by atoms with Gasteiger partial charge < -0.3 is 10.2 Å². The Balaban J connectivity index is 2.27. The zero-order valence-electron chi connectivity index (χ0n) is 13.5. The van der Waals surface area contributed by atoms with Crippen molar-refractivity contribution < 1.29 is 9.59 Å². The summed E-state index contributed by atoms with van der Waals surface area (Å²) in [7, 11) is 1.70. The molecule has 0 aliphatic carbocycles. The summed E-state index contributed by atoms with van der Waals surface area (Å²) in [5.41, 5.74) is 0.280. The number of nitrogens with zero attached hydrogens (tertiary/aromatic N) is 2. The van der Waals surface area contributed by atoms with Gasteiger partial charge in [0.25, 0.3) is 17.4 Å². The van der Waals surface area contributed by atoms with Crippen LogP contribution in [0.2, 0.25) is 5.02 Å². The van der Waals surface area contributed by atoms with Gasteiger partial charge in [-0.3, -0.25) is 14.4 Å². The topological polar surface area (TPSA) is 95.2 Å². The lowest BCUT2D eigenvalue weighted by molar-refractivity contribution is 0.0754. The molecule has 1 aromatic carbocycles. The molecule has 126 valence electrons. The number of halogens is 1. The van der Waals surface area contributed by atoms with Crippen molar-refractivity contribution in [3.8, 4) is 0 Å². The van der Waals surface area contributed by atoms with E-state index >= 15 is 0 Å². The molecule has 24 heavy (non-hydrogen) atoms. The molecule has 1 aromatic heterocycles. The van der Waals surface area contributed by atoms with Gasteiger partial charge in [0.2, 0.25) is 0 Å². The van der Waals surface area contributed by atoms with Crippen molar-refractivity contribution in [2.24, 2.45) is 0 Å². The van der Waals surface area contributed by atoms with Crippen LogP contribution in [-0.4, -0.2) is 40.0 Å². The lowest BCUT2D eigenvalue weighted by Gasteiger charge is -2.22. The van der Waals surface area contributed by atoms with E-state index in [0.717, 1.165) is 6.07 Å². The standard InChI is InChI=1S/C16H17ClN4O3/c1-9(2)21(3)16(24)10-4-5-12(17)13(6-10)19-15(23)11-7-14(22)20-18-8-11/h4-9H,1-3H3,(H,19,23)(H,20,22). The fraction of sp³-hybridized carbons (Fsp3) is 0.250. The smallest absolute Gasteiger partial charge is 0.264 e. The SMILES string of the molecule is CC(C)N(C)C(=O)c1ccc(Cl)c(NC(=O)c2cn[nH]c(=O)c2)c1. The second kappa shape index (κ2) is 7.27. The number of hydrogen-bond donors (Lipinski definition) is 2. The van der Waals surface area contributed by atoms with Gasteiger partial charge in [-0.05, 0) is 32.0 Å². The monoisotopic (exact) mass is 348 g/mol. The number of nitrogens with one attached hydrogen (secondary N) is 2. The molecule has 7 nitrogen and oxygen atoms in total. The molecule has 0 fully saturated rings. The highest BCUT2D eigenvalue weighted by atomic mass is 35.5. The van der Waals surface area contributed by atoms with Gasteiger partial charge in [-0.15, -0.1) is 0 Å². The van der Waals surface area contributed by atoms with Crippen LogP contribution in [0.25, 0.3) is 0 Å². The van der Waals surface area contributed by atoms with Gasteiger partial charge in [0.05, 0.1) is 22.5 Å². The quantitative estimate of drug-likeness (QED) is 0.885. The molecular formula is C16H17ClN4O3. The van der Waals surface area contributed by atoms with Crippen LogP contribution < -0.4 is 10.9 Å². The van der Waals surface area contributed by atoms with Crippen molar-refractivity contribution in [3.05, 3.63) is 57.0 Å². The Kier molecular flexibility index (Phi) is 5.35. The molecule has 2 amide bonds. The van der Waals surface area contributed by atoms with Crippen LogP contribution in [0.1, 0.15) is 34.6 Å². The first-order valence-electron chi connectivity index (χ1n) is 7.22. The van der Waals surface area contributed by atoms with E-state index in [2.05, 4.69) is 15.5 Å². The molecular weight excluding hydrogens is 332 g/mol. The maximum atomic E-state index is 12.4. The number of carbonyl (C=O) groups excluding carboxylic acids is 2. The molecule has 2 N–H and O–H groups in total. The van der Waals surface area contributed by atoms with Crippen LogP contribution >= 0.6 is 11.6 Å². The summed E-state index contributed by atoms with van der Waals surface area (Å²) >= 11 is 6.08. The highest BCUT2D eigenvalue weighted by Gasteiger charge is 2.17. The Morgan fingerprint density at radius 3 is 2.58 bits per heavy atom. The number of amides is 2. The van der Waals surface area contributed by atoms with Crippen molar-refractivity contribution in [1.82, 2.24) is 15.1 Å². The van der Waals surface area contributed by atoms with E-state index < -0.39 is 11.5 Å². The van der Waals surface area contributed by atoms with Crippen molar-refractivity contribution in [2.45, 2.75) is 19.9 Å². The first kappa shape index (κ1) is 17.7. The maximum absolute atomic E-state index is 12.4. The predicted octanol–water partition coefficient (Wildman–Crippen LogP) is 2.16. The molecule has 0 aliphatic heterocycles. The average Bonchev–Trinajstić information content (AvgIpc) is 2.55. The van der Waals surface area contributed by atoms with E-state index in [-0.39, 0.29) is 28.2 Å². The molecule has 0 saturated heterocycles.